The first-order valence-corrected chi connectivity index (χ1v) is 21.4. The van der Waals surface area contributed by atoms with Gasteiger partial charge in [-0.15, -0.1) is 0 Å². The third-order valence-electron chi connectivity index (χ3n) is 9.84. The van der Waals surface area contributed by atoms with Crippen LogP contribution in [0.15, 0.2) is 108 Å². The molecule has 54 heavy (non-hydrogen) atoms. The van der Waals surface area contributed by atoms with Crippen LogP contribution < -0.4 is 25.8 Å². The van der Waals surface area contributed by atoms with E-state index in [0.717, 1.165) is 39.3 Å². The van der Waals surface area contributed by atoms with Gasteiger partial charge in [-0.2, -0.15) is 4.98 Å². The normalized spacial score (nSPS) is 20.5. The second-order valence-electron chi connectivity index (χ2n) is 14.7. The Labute approximate surface area is 316 Å². The summed E-state index contributed by atoms with van der Waals surface area (Å²) < 4.78 is 32.5. The lowest BCUT2D eigenvalue weighted by Crippen LogP contribution is -2.50. The largest absolute Gasteiger partial charge is 0.497 e. The van der Waals surface area contributed by atoms with E-state index in [1.165, 1.54) is 4.57 Å². The maximum absolute atomic E-state index is 13.6. The molecule has 12 heteroatoms. The zero-order chi connectivity index (χ0) is 38.0. The number of morpholine rings is 1. The summed E-state index contributed by atoms with van der Waals surface area (Å²) in [6, 6.07) is 30.9. The van der Waals surface area contributed by atoms with Crippen LogP contribution in [-0.4, -0.2) is 68.9 Å². The minimum Gasteiger partial charge on any atom is -0.497 e. The van der Waals surface area contributed by atoms with Crippen molar-refractivity contribution in [1.82, 2.24) is 14.9 Å². The number of methoxy groups -OCH3 is 2. The molecule has 1 amide bonds. The average molecular weight is 747 g/mol. The Kier molecular flexibility index (Phi) is 10.6. The van der Waals surface area contributed by atoms with Crippen molar-refractivity contribution in [2.75, 3.05) is 32.7 Å². The molecule has 1 aromatic heterocycles. The first-order valence-electron chi connectivity index (χ1n) is 18.0. The number of fused-ring (bicyclic) bond motifs is 2. The molecule has 0 spiro atoms. The van der Waals surface area contributed by atoms with E-state index >= 15 is 0 Å². The number of aryl methyl sites for hydroxylation is 1. The van der Waals surface area contributed by atoms with Gasteiger partial charge in [0.1, 0.15) is 22.9 Å². The van der Waals surface area contributed by atoms with Crippen molar-refractivity contribution >= 4 is 20.0 Å². The van der Waals surface area contributed by atoms with Crippen molar-refractivity contribution < 1.29 is 28.2 Å². The molecule has 4 aromatic carbocycles. The molecule has 2 fully saturated rings. The number of hydrogen-bond donors (Lipinski definition) is 2. The Morgan fingerprint density at radius 2 is 1.57 bits per heavy atom. The quantitative estimate of drug-likeness (QED) is 0.125. The number of benzene rings is 4. The standard InChI is InChI=1S/C42H46N4O7Si/c1-27-23-46(41(48)45-38(27)44-39(47)30-10-8-7-9-11-30)40-36-37(53-54(4,5)6)42(52-40,25-43-36)26-51-24-32-13-12-31(28-14-18-33(49-2)19-15-28)22-35(32)29-16-20-34(50-3)21-17-29/h7-23,36-37,40,43H,24-26H2,1-6H3,(H,44,45,47,48)/t36-,37+,40-,42-/m1/s1. The Hall–Kier alpha value is -5.11. The maximum atomic E-state index is 13.6. The van der Waals surface area contributed by atoms with E-state index in [-0.39, 0.29) is 30.5 Å². The average Bonchev–Trinajstić information content (AvgIpc) is 3.66. The molecule has 0 radical (unpaired) electrons. The Morgan fingerprint density at radius 3 is 2.22 bits per heavy atom. The lowest BCUT2D eigenvalue weighted by Gasteiger charge is -2.34. The molecule has 2 aliphatic heterocycles. The maximum Gasteiger partial charge on any atom is 0.351 e. The third-order valence-corrected chi connectivity index (χ3v) is 10.8. The van der Waals surface area contributed by atoms with Crippen LogP contribution in [0, 0.1) is 6.92 Å². The monoisotopic (exact) mass is 746 g/mol. The molecule has 7 rings (SSSR count). The van der Waals surface area contributed by atoms with Crippen LogP contribution >= 0.6 is 0 Å². The van der Waals surface area contributed by atoms with Gasteiger partial charge in [-0.25, -0.2) is 4.79 Å². The molecule has 11 nitrogen and oxygen atoms in total. The van der Waals surface area contributed by atoms with Crippen molar-refractivity contribution in [2.24, 2.45) is 0 Å². The Bertz CT molecular complexity index is 2170. The van der Waals surface area contributed by atoms with E-state index in [0.29, 0.717) is 24.3 Å². The van der Waals surface area contributed by atoms with Gasteiger partial charge < -0.3 is 34.0 Å². The fourth-order valence-corrected chi connectivity index (χ4v) is 8.26. The molecule has 280 valence electrons. The van der Waals surface area contributed by atoms with E-state index in [9.17, 15) is 9.59 Å². The number of anilines is 1. The van der Waals surface area contributed by atoms with Crippen LogP contribution in [0.2, 0.25) is 19.6 Å². The first-order chi connectivity index (χ1) is 26.0. The summed E-state index contributed by atoms with van der Waals surface area (Å²) in [5, 5.41) is 6.36. The van der Waals surface area contributed by atoms with Crippen LogP contribution in [0.5, 0.6) is 11.5 Å². The Morgan fingerprint density at radius 1 is 0.926 bits per heavy atom. The predicted octanol–water partition coefficient (Wildman–Crippen LogP) is 6.83. The number of rotatable bonds is 13. The van der Waals surface area contributed by atoms with Gasteiger partial charge in [-0.3, -0.25) is 9.36 Å². The van der Waals surface area contributed by atoms with E-state index < -0.39 is 25.8 Å². The van der Waals surface area contributed by atoms with Gasteiger partial charge in [0.05, 0.1) is 39.6 Å². The summed E-state index contributed by atoms with van der Waals surface area (Å²) in [5.74, 6) is 1.45. The molecule has 0 aliphatic carbocycles. The zero-order valence-corrected chi connectivity index (χ0v) is 32.4. The molecule has 3 heterocycles. The molecule has 2 bridgehead atoms. The number of carbonyl (C=O) groups is 1. The fourth-order valence-electron chi connectivity index (χ4n) is 7.14. The van der Waals surface area contributed by atoms with Gasteiger partial charge in [0.2, 0.25) is 0 Å². The van der Waals surface area contributed by atoms with Gasteiger partial charge in [0, 0.05) is 23.9 Å². The van der Waals surface area contributed by atoms with Gasteiger partial charge in [-0.05, 0) is 96.8 Å². The minimum absolute atomic E-state index is 0.208. The van der Waals surface area contributed by atoms with Gasteiger partial charge >= 0.3 is 5.69 Å². The second kappa shape index (κ2) is 15.3. The molecular formula is C42H46N4O7Si. The topological polar surface area (TPSA) is 122 Å². The lowest BCUT2D eigenvalue weighted by atomic mass is 9.94. The minimum atomic E-state index is -2.08. The number of ether oxygens (including phenoxy) is 4. The van der Waals surface area contributed by atoms with Crippen molar-refractivity contribution in [3.63, 3.8) is 0 Å². The number of carbonyl (C=O) groups excluding carboxylic acids is 1. The molecular weight excluding hydrogens is 701 g/mol. The van der Waals surface area contributed by atoms with Crippen LogP contribution in [-0.2, 0) is 20.5 Å². The number of amides is 1. The van der Waals surface area contributed by atoms with E-state index in [1.54, 1.807) is 51.6 Å². The molecule has 2 saturated heterocycles. The summed E-state index contributed by atoms with van der Waals surface area (Å²) in [6.45, 7) is 9.28. The fraction of sp³-hybridized carbons (Fsp3) is 0.310. The van der Waals surface area contributed by atoms with Crippen LogP contribution in [0.3, 0.4) is 0 Å². The molecule has 2 N–H and O–H groups in total. The number of aromatic nitrogens is 2. The molecule has 2 aliphatic rings. The second-order valence-corrected chi connectivity index (χ2v) is 19.2. The summed E-state index contributed by atoms with van der Waals surface area (Å²) in [6.07, 6.45) is 0.631. The smallest absolute Gasteiger partial charge is 0.351 e. The van der Waals surface area contributed by atoms with Gasteiger partial charge in [-0.1, -0.05) is 54.6 Å². The summed E-state index contributed by atoms with van der Waals surface area (Å²) in [7, 11) is 1.24. The third kappa shape index (κ3) is 7.75. The molecule has 4 atom stereocenters. The highest BCUT2D eigenvalue weighted by molar-refractivity contribution is 6.69. The zero-order valence-electron chi connectivity index (χ0n) is 31.4. The molecule has 0 unspecified atom stereocenters. The highest BCUT2D eigenvalue weighted by Gasteiger charge is 2.62. The van der Waals surface area contributed by atoms with Gasteiger partial charge in [0.15, 0.2) is 14.5 Å². The SMILES string of the molecule is COc1ccc(-c2ccc(COC[C@@]34CN[C@@H]([C@H](n5cc(C)c(NC(=O)c6ccccc6)nc5=O)O3)[C@@H]4O[Si](C)(C)C)c(-c3ccc(OC)cc3)c2)cc1. The van der Waals surface area contributed by atoms with E-state index in [1.807, 2.05) is 54.6 Å². The summed E-state index contributed by atoms with van der Waals surface area (Å²) in [5.41, 5.74) is 4.94. The Balaban J connectivity index is 1.14. The van der Waals surface area contributed by atoms with E-state index in [2.05, 4.69) is 53.5 Å². The number of nitrogens with zero attached hydrogens (tertiary/aromatic N) is 2. The summed E-state index contributed by atoms with van der Waals surface area (Å²) in [4.78, 5) is 30.7. The summed E-state index contributed by atoms with van der Waals surface area (Å²) >= 11 is 0. The van der Waals surface area contributed by atoms with Crippen molar-refractivity contribution in [1.29, 1.82) is 0 Å². The van der Waals surface area contributed by atoms with Gasteiger partial charge in [0.25, 0.3) is 5.91 Å². The first kappa shape index (κ1) is 37.2. The van der Waals surface area contributed by atoms with Crippen LogP contribution in [0.1, 0.15) is 27.7 Å². The molecule has 5 aromatic rings. The predicted molar refractivity (Wildman–Crippen MR) is 211 cm³/mol. The van der Waals surface area contributed by atoms with Crippen molar-refractivity contribution in [3.8, 4) is 33.8 Å². The van der Waals surface area contributed by atoms with Crippen LogP contribution in [0.4, 0.5) is 5.82 Å². The van der Waals surface area contributed by atoms with Crippen LogP contribution in [0.25, 0.3) is 22.3 Å². The number of hydrogen-bond acceptors (Lipinski definition) is 9. The lowest BCUT2D eigenvalue weighted by molar-refractivity contribution is -0.144. The number of nitrogens with one attached hydrogen (secondary N) is 2. The highest BCUT2D eigenvalue weighted by Crippen LogP contribution is 2.45. The van der Waals surface area contributed by atoms with Crippen molar-refractivity contribution in [2.45, 2.75) is 57.1 Å². The van der Waals surface area contributed by atoms with Crippen molar-refractivity contribution in [3.05, 3.63) is 130 Å². The van der Waals surface area contributed by atoms with E-state index in [4.69, 9.17) is 23.4 Å². The molecule has 0 saturated carbocycles. The highest BCUT2D eigenvalue weighted by atomic mass is 28.4.